The molecule has 0 bridgehead atoms. The van der Waals surface area contributed by atoms with Gasteiger partial charge in [-0.15, -0.1) is 12.4 Å². The number of nitrogens with zero attached hydrogens (tertiary/aromatic N) is 3. The lowest BCUT2D eigenvalue weighted by molar-refractivity contribution is -0.126. The van der Waals surface area contributed by atoms with Crippen molar-refractivity contribution in [2.24, 2.45) is 11.7 Å². The highest BCUT2D eigenvalue weighted by Gasteiger charge is 2.29. The van der Waals surface area contributed by atoms with Crippen LogP contribution in [0.5, 0.6) is 0 Å². The van der Waals surface area contributed by atoms with Crippen LogP contribution in [0, 0.1) is 25.6 Å². The zero-order valence-electron chi connectivity index (χ0n) is 16.7. The fraction of sp³-hybridized carbons (Fsp3) is 0.450. The molecule has 1 aromatic heterocycles. The predicted molar refractivity (Wildman–Crippen MR) is 111 cm³/mol. The average Bonchev–Trinajstić information content (AvgIpc) is 3.03. The monoisotopic (exact) mass is 423 g/mol. The van der Waals surface area contributed by atoms with Gasteiger partial charge in [0.2, 0.25) is 5.91 Å². The molecule has 1 fully saturated rings. The Balaban J connectivity index is 0.00000300. The maximum Gasteiger partial charge on any atom is 0.253 e. The number of aryl methyl sites for hydroxylation is 2. The Morgan fingerprint density at radius 3 is 2.69 bits per heavy atom. The minimum Gasteiger partial charge on any atom is -0.355 e. The van der Waals surface area contributed by atoms with E-state index in [1.807, 2.05) is 19.9 Å². The van der Waals surface area contributed by atoms with Gasteiger partial charge in [0, 0.05) is 37.4 Å². The van der Waals surface area contributed by atoms with E-state index in [-0.39, 0.29) is 35.7 Å². The number of hydrogen-bond donors (Lipinski definition) is 2. The van der Waals surface area contributed by atoms with Crippen molar-refractivity contribution in [1.82, 2.24) is 20.0 Å². The highest BCUT2D eigenvalue weighted by molar-refractivity contribution is 5.95. The molecule has 9 heteroatoms. The number of halogens is 2. The first kappa shape index (κ1) is 22.8. The van der Waals surface area contributed by atoms with Crippen LogP contribution in [0.2, 0.25) is 0 Å². The largest absolute Gasteiger partial charge is 0.355 e. The van der Waals surface area contributed by atoms with Crippen LogP contribution in [0.4, 0.5) is 4.39 Å². The Bertz CT molecular complexity index is 886. The number of likely N-dealkylation sites (tertiary alicyclic amines) is 1. The van der Waals surface area contributed by atoms with Crippen LogP contribution in [-0.4, -0.2) is 52.7 Å². The summed E-state index contributed by atoms with van der Waals surface area (Å²) in [6.07, 6.45) is 1.46. The van der Waals surface area contributed by atoms with Gasteiger partial charge in [0.05, 0.1) is 11.6 Å². The van der Waals surface area contributed by atoms with Crippen LogP contribution in [0.1, 0.15) is 34.6 Å². The maximum atomic E-state index is 14.7. The number of hydrogen-bond acceptors (Lipinski definition) is 4. The summed E-state index contributed by atoms with van der Waals surface area (Å²) in [7, 11) is 0. The normalized spacial score (nSPS) is 16.3. The van der Waals surface area contributed by atoms with Crippen molar-refractivity contribution < 1.29 is 14.0 Å². The molecule has 1 aliphatic heterocycles. The van der Waals surface area contributed by atoms with Gasteiger partial charge in [-0.05, 0) is 51.0 Å². The number of amides is 2. The highest BCUT2D eigenvalue weighted by atomic mass is 35.5. The summed E-state index contributed by atoms with van der Waals surface area (Å²) >= 11 is 0. The van der Waals surface area contributed by atoms with Crippen LogP contribution in [0.3, 0.4) is 0 Å². The van der Waals surface area contributed by atoms with Gasteiger partial charge in [-0.3, -0.25) is 9.59 Å². The minimum absolute atomic E-state index is 0. The summed E-state index contributed by atoms with van der Waals surface area (Å²) in [5, 5.41) is 7.06. The molecule has 0 radical (unpaired) electrons. The van der Waals surface area contributed by atoms with Crippen molar-refractivity contribution in [3.63, 3.8) is 0 Å². The summed E-state index contributed by atoms with van der Waals surface area (Å²) in [5.74, 6) is -1.13. The van der Waals surface area contributed by atoms with E-state index in [4.69, 9.17) is 5.73 Å². The second-order valence-corrected chi connectivity index (χ2v) is 7.18. The van der Waals surface area contributed by atoms with Crippen molar-refractivity contribution in [3.05, 3.63) is 47.0 Å². The van der Waals surface area contributed by atoms with E-state index in [9.17, 15) is 14.0 Å². The van der Waals surface area contributed by atoms with E-state index in [2.05, 4.69) is 10.4 Å². The standard InChI is InChI=1S/C20H26FN5O2.ClH/c1-13-10-14(2)26(24-13)18-6-5-15(11-17(18)21)20(28)25-9-3-4-16(12-25)19(27)23-8-7-22;/h5-6,10-11,16H,3-4,7-9,12,22H2,1-2H3,(H,23,27);1H. The summed E-state index contributed by atoms with van der Waals surface area (Å²) in [4.78, 5) is 26.6. The Morgan fingerprint density at radius 2 is 2.07 bits per heavy atom. The van der Waals surface area contributed by atoms with Crippen molar-refractivity contribution >= 4 is 24.2 Å². The molecule has 0 spiro atoms. The van der Waals surface area contributed by atoms with Gasteiger partial charge in [0.25, 0.3) is 5.91 Å². The number of carbonyl (C=O) groups is 2. The van der Waals surface area contributed by atoms with Crippen molar-refractivity contribution in [2.45, 2.75) is 26.7 Å². The SMILES string of the molecule is Cc1cc(C)n(-c2ccc(C(=O)N3CCCC(C(=O)NCCN)C3)cc2F)n1.Cl. The van der Waals surface area contributed by atoms with Crippen molar-refractivity contribution in [1.29, 1.82) is 0 Å². The topological polar surface area (TPSA) is 93.2 Å². The van der Waals surface area contributed by atoms with Gasteiger partial charge in [0.15, 0.2) is 0 Å². The molecular formula is C20H27ClFN5O2. The first-order chi connectivity index (χ1) is 13.4. The fourth-order valence-corrected chi connectivity index (χ4v) is 3.58. The molecule has 2 heterocycles. The molecule has 3 rings (SSSR count). The Hall–Kier alpha value is -2.45. The fourth-order valence-electron chi connectivity index (χ4n) is 3.58. The maximum absolute atomic E-state index is 14.7. The summed E-state index contributed by atoms with van der Waals surface area (Å²) in [6, 6.07) is 6.28. The Labute approximate surface area is 175 Å². The van der Waals surface area contributed by atoms with Crippen LogP contribution in [0.15, 0.2) is 24.3 Å². The van der Waals surface area contributed by atoms with Crippen molar-refractivity contribution in [3.8, 4) is 5.69 Å². The zero-order chi connectivity index (χ0) is 20.3. The summed E-state index contributed by atoms with van der Waals surface area (Å²) in [6.45, 7) is 5.37. The second kappa shape index (κ2) is 9.84. The molecule has 7 nitrogen and oxygen atoms in total. The first-order valence-corrected chi connectivity index (χ1v) is 9.51. The van der Waals surface area contributed by atoms with Gasteiger partial charge in [0.1, 0.15) is 11.5 Å². The van der Waals surface area contributed by atoms with Gasteiger partial charge in [-0.25, -0.2) is 9.07 Å². The van der Waals surface area contributed by atoms with Crippen LogP contribution in [-0.2, 0) is 4.79 Å². The molecule has 1 aliphatic rings. The Morgan fingerprint density at radius 1 is 1.31 bits per heavy atom. The van der Waals surface area contributed by atoms with Gasteiger partial charge >= 0.3 is 0 Å². The van der Waals surface area contributed by atoms with Crippen LogP contribution >= 0.6 is 12.4 Å². The van der Waals surface area contributed by atoms with E-state index in [0.29, 0.717) is 31.9 Å². The number of nitrogens with one attached hydrogen (secondary N) is 1. The molecule has 0 saturated carbocycles. The molecule has 2 aromatic rings. The summed E-state index contributed by atoms with van der Waals surface area (Å²) in [5.41, 5.74) is 7.60. The van der Waals surface area contributed by atoms with E-state index in [1.165, 1.54) is 10.7 Å². The number of aromatic nitrogens is 2. The third kappa shape index (κ3) is 5.13. The van der Waals surface area contributed by atoms with Crippen LogP contribution in [0.25, 0.3) is 5.69 Å². The Kier molecular flexibility index (Phi) is 7.75. The predicted octanol–water partition coefficient (Wildman–Crippen LogP) is 1.98. The second-order valence-electron chi connectivity index (χ2n) is 7.18. The lowest BCUT2D eigenvalue weighted by Gasteiger charge is -2.32. The van der Waals surface area contributed by atoms with Gasteiger partial charge in [-0.2, -0.15) is 5.10 Å². The first-order valence-electron chi connectivity index (χ1n) is 9.51. The van der Waals surface area contributed by atoms with E-state index < -0.39 is 5.82 Å². The van der Waals surface area contributed by atoms with E-state index in [1.54, 1.807) is 17.0 Å². The van der Waals surface area contributed by atoms with Gasteiger partial charge < -0.3 is 16.0 Å². The zero-order valence-corrected chi connectivity index (χ0v) is 17.5. The molecule has 0 aliphatic carbocycles. The lowest BCUT2D eigenvalue weighted by atomic mass is 9.96. The lowest BCUT2D eigenvalue weighted by Crippen LogP contribution is -2.46. The number of nitrogens with two attached hydrogens (primary N) is 1. The molecule has 1 atom stereocenters. The molecule has 3 N–H and O–H groups in total. The van der Waals surface area contributed by atoms with Crippen molar-refractivity contribution in [2.75, 3.05) is 26.2 Å². The molecule has 29 heavy (non-hydrogen) atoms. The molecule has 1 aromatic carbocycles. The number of carbonyl (C=O) groups excluding carboxylic acids is 2. The molecule has 2 amide bonds. The van der Waals surface area contributed by atoms with Crippen LogP contribution < -0.4 is 11.1 Å². The highest BCUT2D eigenvalue weighted by Crippen LogP contribution is 2.22. The molecular weight excluding hydrogens is 397 g/mol. The van der Waals surface area contributed by atoms with Gasteiger partial charge in [-0.1, -0.05) is 0 Å². The quantitative estimate of drug-likeness (QED) is 0.768. The summed E-state index contributed by atoms with van der Waals surface area (Å²) < 4.78 is 16.2. The number of piperidine rings is 1. The third-order valence-corrected chi connectivity index (χ3v) is 4.96. The minimum atomic E-state index is -0.508. The molecule has 1 unspecified atom stereocenters. The van der Waals surface area contributed by atoms with E-state index >= 15 is 0 Å². The third-order valence-electron chi connectivity index (χ3n) is 4.96. The smallest absolute Gasteiger partial charge is 0.253 e. The average molecular weight is 424 g/mol. The molecule has 1 saturated heterocycles. The number of rotatable bonds is 5. The molecule has 158 valence electrons. The van der Waals surface area contributed by atoms with E-state index in [0.717, 1.165) is 24.2 Å². The number of benzene rings is 1.